The first-order valence-corrected chi connectivity index (χ1v) is 7.09. The topological polar surface area (TPSA) is 81.7 Å². The summed E-state index contributed by atoms with van der Waals surface area (Å²) < 4.78 is 1.85. The van der Waals surface area contributed by atoms with Crippen LogP contribution in [0.25, 0.3) is 5.69 Å². The third-order valence-electron chi connectivity index (χ3n) is 3.36. The molecule has 2 aromatic heterocycles. The number of aromatic nitrogens is 4. The molecule has 0 aliphatic heterocycles. The molecule has 0 saturated carbocycles. The Bertz CT molecular complexity index is 745. The number of benzene rings is 1. The standard InChI is InChI=1S/C16H18N6/c1-11-8-15(21-16(17)19-11)20-12(2)13-9-18-22(10-13)14-6-4-3-5-7-14/h3-10,12H,1-2H3,(H3,17,19,20,21). The van der Waals surface area contributed by atoms with Crippen molar-refractivity contribution in [2.75, 3.05) is 11.1 Å². The molecule has 0 saturated heterocycles. The van der Waals surface area contributed by atoms with Crippen molar-refractivity contribution in [3.63, 3.8) is 0 Å². The fourth-order valence-corrected chi connectivity index (χ4v) is 2.25. The largest absolute Gasteiger partial charge is 0.368 e. The molecular formula is C16H18N6. The minimum atomic E-state index is 0.0613. The van der Waals surface area contributed by atoms with Crippen LogP contribution in [0.5, 0.6) is 0 Å². The Morgan fingerprint density at radius 2 is 1.95 bits per heavy atom. The minimum Gasteiger partial charge on any atom is -0.368 e. The summed E-state index contributed by atoms with van der Waals surface area (Å²) in [5, 5.41) is 7.72. The molecule has 112 valence electrons. The predicted molar refractivity (Wildman–Crippen MR) is 86.8 cm³/mol. The molecule has 1 aromatic carbocycles. The summed E-state index contributed by atoms with van der Waals surface area (Å²) in [7, 11) is 0. The van der Waals surface area contributed by atoms with Gasteiger partial charge in [-0.05, 0) is 26.0 Å². The molecule has 0 amide bonds. The number of nitrogen functional groups attached to an aromatic ring is 1. The smallest absolute Gasteiger partial charge is 0.222 e. The first-order valence-electron chi connectivity index (χ1n) is 7.09. The SMILES string of the molecule is Cc1cc(NC(C)c2cnn(-c3ccccc3)c2)nc(N)n1. The number of nitrogens with two attached hydrogens (primary N) is 1. The number of hydrogen-bond donors (Lipinski definition) is 2. The summed E-state index contributed by atoms with van der Waals surface area (Å²) in [4.78, 5) is 8.26. The van der Waals surface area contributed by atoms with Crippen LogP contribution in [0.2, 0.25) is 0 Å². The number of aryl methyl sites for hydroxylation is 1. The van der Waals surface area contributed by atoms with Crippen molar-refractivity contribution >= 4 is 11.8 Å². The van der Waals surface area contributed by atoms with Gasteiger partial charge in [-0.2, -0.15) is 10.1 Å². The van der Waals surface area contributed by atoms with E-state index in [4.69, 9.17) is 5.73 Å². The lowest BCUT2D eigenvalue weighted by atomic mass is 10.2. The van der Waals surface area contributed by atoms with Crippen molar-refractivity contribution in [3.05, 3.63) is 60.0 Å². The minimum absolute atomic E-state index is 0.0613. The van der Waals surface area contributed by atoms with Gasteiger partial charge >= 0.3 is 0 Å². The van der Waals surface area contributed by atoms with E-state index in [0.717, 1.165) is 16.9 Å². The third-order valence-corrected chi connectivity index (χ3v) is 3.36. The average Bonchev–Trinajstić information content (AvgIpc) is 2.97. The summed E-state index contributed by atoms with van der Waals surface area (Å²) in [5.41, 5.74) is 8.61. The molecule has 3 rings (SSSR count). The number of hydrogen-bond acceptors (Lipinski definition) is 5. The van der Waals surface area contributed by atoms with Gasteiger partial charge in [0.15, 0.2) is 0 Å². The van der Waals surface area contributed by atoms with Crippen LogP contribution in [0.1, 0.15) is 24.2 Å². The number of para-hydroxylation sites is 1. The van der Waals surface area contributed by atoms with Crippen LogP contribution in [0.4, 0.5) is 11.8 Å². The number of anilines is 2. The van der Waals surface area contributed by atoms with E-state index >= 15 is 0 Å². The van der Waals surface area contributed by atoms with Gasteiger partial charge in [-0.25, -0.2) is 9.67 Å². The van der Waals surface area contributed by atoms with E-state index in [0.29, 0.717) is 5.82 Å². The monoisotopic (exact) mass is 294 g/mol. The van der Waals surface area contributed by atoms with Crippen LogP contribution in [-0.4, -0.2) is 19.7 Å². The highest BCUT2D eigenvalue weighted by atomic mass is 15.3. The third kappa shape index (κ3) is 3.06. The molecule has 2 heterocycles. The molecule has 0 aliphatic carbocycles. The van der Waals surface area contributed by atoms with E-state index in [2.05, 4.69) is 27.3 Å². The average molecular weight is 294 g/mol. The van der Waals surface area contributed by atoms with Crippen LogP contribution in [0, 0.1) is 6.92 Å². The van der Waals surface area contributed by atoms with Crippen molar-refractivity contribution in [2.24, 2.45) is 0 Å². The number of rotatable bonds is 4. The lowest BCUT2D eigenvalue weighted by Gasteiger charge is -2.13. The second-order valence-corrected chi connectivity index (χ2v) is 5.17. The molecule has 6 heteroatoms. The molecule has 0 aliphatic rings. The molecule has 3 aromatic rings. The van der Waals surface area contributed by atoms with Gasteiger partial charge in [0.05, 0.1) is 17.9 Å². The second-order valence-electron chi connectivity index (χ2n) is 5.17. The van der Waals surface area contributed by atoms with Gasteiger partial charge in [-0.15, -0.1) is 0 Å². The highest BCUT2D eigenvalue weighted by molar-refractivity contribution is 5.42. The molecular weight excluding hydrogens is 276 g/mol. The summed E-state index contributed by atoms with van der Waals surface area (Å²) in [5.74, 6) is 0.986. The lowest BCUT2D eigenvalue weighted by molar-refractivity contribution is 0.862. The van der Waals surface area contributed by atoms with Crippen molar-refractivity contribution in [3.8, 4) is 5.69 Å². The van der Waals surface area contributed by atoms with Crippen LogP contribution in [-0.2, 0) is 0 Å². The maximum absolute atomic E-state index is 5.68. The van der Waals surface area contributed by atoms with Gasteiger partial charge in [0.25, 0.3) is 0 Å². The van der Waals surface area contributed by atoms with Gasteiger partial charge in [0, 0.05) is 23.5 Å². The molecule has 6 nitrogen and oxygen atoms in total. The van der Waals surface area contributed by atoms with Crippen LogP contribution < -0.4 is 11.1 Å². The highest BCUT2D eigenvalue weighted by Crippen LogP contribution is 2.19. The zero-order valence-electron chi connectivity index (χ0n) is 12.6. The first kappa shape index (κ1) is 14.1. The Labute approximate surface area is 129 Å². The molecule has 22 heavy (non-hydrogen) atoms. The molecule has 3 N–H and O–H groups in total. The van der Waals surface area contributed by atoms with Crippen molar-refractivity contribution in [1.82, 2.24) is 19.7 Å². The Morgan fingerprint density at radius 3 is 2.68 bits per heavy atom. The van der Waals surface area contributed by atoms with Crippen molar-refractivity contribution in [1.29, 1.82) is 0 Å². The number of nitrogens with zero attached hydrogens (tertiary/aromatic N) is 4. The molecule has 1 atom stereocenters. The summed E-state index contributed by atoms with van der Waals surface area (Å²) >= 11 is 0. The fourth-order valence-electron chi connectivity index (χ4n) is 2.25. The van der Waals surface area contributed by atoms with E-state index in [9.17, 15) is 0 Å². The van der Waals surface area contributed by atoms with E-state index in [1.54, 1.807) is 0 Å². The summed E-state index contributed by atoms with van der Waals surface area (Å²) in [6.07, 6.45) is 3.85. The van der Waals surface area contributed by atoms with Gasteiger partial charge in [0.2, 0.25) is 5.95 Å². The lowest BCUT2D eigenvalue weighted by Crippen LogP contribution is -2.09. The Hall–Kier alpha value is -2.89. The van der Waals surface area contributed by atoms with E-state index in [1.165, 1.54) is 0 Å². The van der Waals surface area contributed by atoms with Gasteiger partial charge < -0.3 is 11.1 Å². The normalized spacial score (nSPS) is 12.1. The fraction of sp³-hybridized carbons (Fsp3) is 0.188. The van der Waals surface area contributed by atoms with Gasteiger partial charge in [0.1, 0.15) is 5.82 Å². The van der Waals surface area contributed by atoms with Crippen LogP contribution >= 0.6 is 0 Å². The molecule has 0 spiro atoms. The van der Waals surface area contributed by atoms with Gasteiger partial charge in [-0.3, -0.25) is 0 Å². The van der Waals surface area contributed by atoms with E-state index in [-0.39, 0.29) is 12.0 Å². The zero-order chi connectivity index (χ0) is 15.5. The van der Waals surface area contributed by atoms with Crippen LogP contribution in [0.3, 0.4) is 0 Å². The maximum Gasteiger partial charge on any atom is 0.222 e. The molecule has 0 radical (unpaired) electrons. The van der Waals surface area contributed by atoms with E-state index in [1.807, 2.05) is 60.4 Å². The zero-order valence-corrected chi connectivity index (χ0v) is 12.6. The highest BCUT2D eigenvalue weighted by Gasteiger charge is 2.10. The number of nitrogens with one attached hydrogen (secondary N) is 1. The molecule has 0 fully saturated rings. The van der Waals surface area contributed by atoms with Crippen molar-refractivity contribution in [2.45, 2.75) is 19.9 Å². The Balaban J connectivity index is 1.78. The maximum atomic E-state index is 5.68. The second kappa shape index (κ2) is 5.85. The van der Waals surface area contributed by atoms with Crippen molar-refractivity contribution < 1.29 is 0 Å². The molecule has 0 bridgehead atoms. The Morgan fingerprint density at radius 1 is 1.18 bits per heavy atom. The van der Waals surface area contributed by atoms with Crippen LogP contribution in [0.15, 0.2) is 48.8 Å². The Kier molecular flexibility index (Phi) is 3.74. The first-order chi connectivity index (χ1) is 10.6. The van der Waals surface area contributed by atoms with E-state index < -0.39 is 0 Å². The predicted octanol–water partition coefficient (Wildman–Crippen LogP) is 2.73. The summed E-state index contributed by atoms with van der Waals surface area (Å²) in [6.45, 7) is 3.95. The summed E-state index contributed by atoms with van der Waals surface area (Å²) in [6, 6.07) is 11.9. The molecule has 1 unspecified atom stereocenters. The quantitative estimate of drug-likeness (QED) is 0.773. The van der Waals surface area contributed by atoms with Gasteiger partial charge in [-0.1, -0.05) is 18.2 Å².